The van der Waals surface area contributed by atoms with E-state index in [1.807, 2.05) is 25.7 Å². The van der Waals surface area contributed by atoms with E-state index < -0.39 is 0 Å². The van der Waals surface area contributed by atoms with Gasteiger partial charge in [-0.2, -0.15) is 0 Å². The van der Waals surface area contributed by atoms with Crippen LogP contribution in [0.1, 0.15) is 34.1 Å². The molecule has 3 unspecified atom stereocenters. The van der Waals surface area contributed by atoms with Gasteiger partial charge < -0.3 is 10.2 Å². The third-order valence-electron chi connectivity index (χ3n) is 3.02. The highest BCUT2D eigenvalue weighted by Crippen LogP contribution is 2.29. The van der Waals surface area contributed by atoms with Crippen LogP contribution in [0.2, 0.25) is 0 Å². The summed E-state index contributed by atoms with van der Waals surface area (Å²) in [4.78, 5) is 13.7. The third-order valence-corrected chi connectivity index (χ3v) is 3.02. The van der Waals surface area contributed by atoms with Crippen LogP contribution in [-0.2, 0) is 4.79 Å². The van der Waals surface area contributed by atoms with Crippen molar-refractivity contribution in [1.82, 2.24) is 10.2 Å². The van der Waals surface area contributed by atoms with Crippen LogP contribution in [0, 0.1) is 5.92 Å². The molecule has 3 atom stereocenters. The van der Waals surface area contributed by atoms with Gasteiger partial charge in [0.2, 0.25) is 5.91 Å². The average Bonchev–Trinajstić information content (AvgIpc) is 2.83. The van der Waals surface area contributed by atoms with Gasteiger partial charge in [0.15, 0.2) is 0 Å². The Labute approximate surface area is 86.9 Å². The van der Waals surface area contributed by atoms with Gasteiger partial charge in [0.05, 0.1) is 6.04 Å². The Kier molecular flexibility index (Phi) is 3.93. The van der Waals surface area contributed by atoms with Crippen molar-refractivity contribution in [3.63, 3.8) is 0 Å². The summed E-state index contributed by atoms with van der Waals surface area (Å²) >= 11 is 0. The molecule has 3 nitrogen and oxygen atoms in total. The minimum Gasteiger partial charge on any atom is -0.342 e. The molecule has 0 aromatic carbocycles. The summed E-state index contributed by atoms with van der Waals surface area (Å²) in [5, 5.41) is 3.36. The first-order valence-corrected chi connectivity index (χ1v) is 5.64. The standard InChI is InChI=1S/C11H22N2O/c1-5-13(6-2)11(14)9(4)12-10-7-8(10)3/h8-10,12H,5-7H2,1-4H3. The summed E-state index contributed by atoms with van der Waals surface area (Å²) in [6.07, 6.45) is 1.22. The van der Waals surface area contributed by atoms with E-state index in [9.17, 15) is 4.79 Å². The Bertz CT molecular complexity index is 201. The summed E-state index contributed by atoms with van der Waals surface area (Å²) < 4.78 is 0. The van der Waals surface area contributed by atoms with Gasteiger partial charge in [0.1, 0.15) is 0 Å². The first-order valence-electron chi connectivity index (χ1n) is 5.64. The zero-order valence-electron chi connectivity index (χ0n) is 9.71. The molecule has 1 aliphatic rings. The summed E-state index contributed by atoms with van der Waals surface area (Å²) in [6, 6.07) is 0.550. The van der Waals surface area contributed by atoms with Gasteiger partial charge in [-0.05, 0) is 33.1 Å². The Morgan fingerprint density at radius 2 is 2.00 bits per heavy atom. The lowest BCUT2D eigenvalue weighted by molar-refractivity contribution is -0.132. The van der Waals surface area contributed by atoms with Crippen molar-refractivity contribution < 1.29 is 4.79 Å². The van der Waals surface area contributed by atoms with Gasteiger partial charge in [-0.1, -0.05) is 6.92 Å². The number of carbonyl (C=O) groups is 1. The fourth-order valence-corrected chi connectivity index (χ4v) is 1.76. The second-order valence-electron chi connectivity index (χ2n) is 4.22. The summed E-state index contributed by atoms with van der Waals surface area (Å²) in [5.74, 6) is 0.982. The second kappa shape index (κ2) is 4.78. The molecule has 0 saturated heterocycles. The lowest BCUT2D eigenvalue weighted by atomic mass is 10.2. The second-order valence-corrected chi connectivity index (χ2v) is 4.22. The van der Waals surface area contributed by atoms with Crippen molar-refractivity contribution in [3.05, 3.63) is 0 Å². The predicted octanol–water partition coefficient (Wildman–Crippen LogP) is 1.24. The molecule has 0 radical (unpaired) electrons. The van der Waals surface area contributed by atoms with Crippen LogP contribution in [0.3, 0.4) is 0 Å². The van der Waals surface area contributed by atoms with Crippen molar-refractivity contribution in [2.75, 3.05) is 13.1 Å². The molecule has 1 rings (SSSR count). The Morgan fingerprint density at radius 3 is 2.36 bits per heavy atom. The number of likely N-dealkylation sites (N-methyl/N-ethyl adjacent to an activating group) is 1. The lowest BCUT2D eigenvalue weighted by Crippen LogP contribution is -2.45. The van der Waals surface area contributed by atoms with Crippen LogP contribution in [0.4, 0.5) is 0 Å². The van der Waals surface area contributed by atoms with Gasteiger partial charge in [-0.15, -0.1) is 0 Å². The number of rotatable bonds is 5. The van der Waals surface area contributed by atoms with Crippen LogP contribution < -0.4 is 5.32 Å². The molecule has 0 spiro atoms. The quantitative estimate of drug-likeness (QED) is 0.721. The number of nitrogens with one attached hydrogen (secondary N) is 1. The molecule has 1 N–H and O–H groups in total. The minimum absolute atomic E-state index is 0.0233. The maximum absolute atomic E-state index is 11.8. The highest BCUT2D eigenvalue weighted by Gasteiger charge is 2.35. The fourth-order valence-electron chi connectivity index (χ4n) is 1.76. The van der Waals surface area contributed by atoms with E-state index in [2.05, 4.69) is 12.2 Å². The molecule has 0 heterocycles. The molecular weight excluding hydrogens is 176 g/mol. The number of carbonyl (C=O) groups excluding carboxylic acids is 1. The molecule has 0 aromatic heterocycles. The number of nitrogens with zero attached hydrogens (tertiary/aromatic N) is 1. The lowest BCUT2D eigenvalue weighted by Gasteiger charge is -2.23. The van der Waals surface area contributed by atoms with Crippen molar-refractivity contribution in [2.24, 2.45) is 5.92 Å². The number of hydrogen-bond donors (Lipinski definition) is 1. The van der Waals surface area contributed by atoms with Crippen LogP contribution >= 0.6 is 0 Å². The first-order chi connectivity index (χ1) is 6.60. The van der Waals surface area contributed by atoms with Crippen molar-refractivity contribution in [3.8, 4) is 0 Å². The summed E-state index contributed by atoms with van der Waals surface area (Å²) in [5.41, 5.74) is 0. The summed E-state index contributed by atoms with van der Waals surface area (Å²) in [6.45, 7) is 9.84. The van der Waals surface area contributed by atoms with Crippen molar-refractivity contribution in [1.29, 1.82) is 0 Å². The van der Waals surface area contributed by atoms with E-state index in [1.165, 1.54) is 6.42 Å². The van der Waals surface area contributed by atoms with Gasteiger partial charge in [0, 0.05) is 19.1 Å². The monoisotopic (exact) mass is 198 g/mol. The largest absolute Gasteiger partial charge is 0.342 e. The zero-order valence-corrected chi connectivity index (χ0v) is 9.71. The molecule has 82 valence electrons. The van der Waals surface area contributed by atoms with E-state index in [0.717, 1.165) is 19.0 Å². The van der Waals surface area contributed by atoms with Gasteiger partial charge in [-0.3, -0.25) is 4.79 Å². The molecule has 14 heavy (non-hydrogen) atoms. The SMILES string of the molecule is CCN(CC)C(=O)C(C)NC1CC1C. The molecule has 1 amide bonds. The fraction of sp³-hybridized carbons (Fsp3) is 0.909. The van der Waals surface area contributed by atoms with Crippen LogP contribution in [-0.4, -0.2) is 36.0 Å². The van der Waals surface area contributed by atoms with Crippen LogP contribution in [0.25, 0.3) is 0 Å². The molecule has 1 saturated carbocycles. The highest BCUT2D eigenvalue weighted by molar-refractivity contribution is 5.81. The van der Waals surface area contributed by atoms with E-state index in [0.29, 0.717) is 6.04 Å². The Hall–Kier alpha value is -0.570. The molecule has 3 heteroatoms. The topological polar surface area (TPSA) is 32.3 Å². The molecule has 1 aliphatic carbocycles. The van der Waals surface area contributed by atoms with E-state index >= 15 is 0 Å². The number of hydrogen-bond acceptors (Lipinski definition) is 2. The Morgan fingerprint density at radius 1 is 1.50 bits per heavy atom. The average molecular weight is 198 g/mol. The molecular formula is C11H22N2O. The van der Waals surface area contributed by atoms with E-state index in [1.54, 1.807) is 0 Å². The predicted molar refractivity (Wildman–Crippen MR) is 58.1 cm³/mol. The maximum atomic E-state index is 11.8. The minimum atomic E-state index is -0.0233. The van der Waals surface area contributed by atoms with Gasteiger partial charge in [-0.25, -0.2) is 0 Å². The number of amides is 1. The third kappa shape index (κ3) is 2.71. The van der Waals surface area contributed by atoms with Gasteiger partial charge in [0.25, 0.3) is 0 Å². The Balaban J connectivity index is 2.34. The smallest absolute Gasteiger partial charge is 0.239 e. The normalized spacial score (nSPS) is 27.1. The van der Waals surface area contributed by atoms with E-state index in [-0.39, 0.29) is 11.9 Å². The molecule has 0 aromatic rings. The summed E-state index contributed by atoms with van der Waals surface area (Å²) in [7, 11) is 0. The first kappa shape index (κ1) is 11.5. The highest BCUT2D eigenvalue weighted by atomic mass is 16.2. The van der Waals surface area contributed by atoms with Crippen molar-refractivity contribution >= 4 is 5.91 Å². The van der Waals surface area contributed by atoms with E-state index in [4.69, 9.17) is 0 Å². The molecule has 0 bridgehead atoms. The van der Waals surface area contributed by atoms with Crippen LogP contribution in [0.5, 0.6) is 0 Å². The van der Waals surface area contributed by atoms with Gasteiger partial charge >= 0.3 is 0 Å². The molecule has 0 aliphatic heterocycles. The maximum Gasteiger partial charge on any atom is 0.239 e. The van der Waals surface area contributed by atoms with Crippen molar-refractivity contribution in [2.45, 2.75) is 46.2 Å². The zero-order chi connectivity index (χ0) is 10.7. The molecule has 1 fully saturated rings. The van der Waals surface area contributed by atoms with Crippen LogP contribution in [0.15, 0.2) is 0 Å².